The molecule has 0 saturated carbocycles. The molecule has 0 radical (unpaired) electrons. The number of hydrogen-bond acceptors (Lipinski definition) is 3. The van der Waals surface area contributed by atoms with E-state index in [0.717, 1.165) is 23.9 Å². The van der Waals surface area contributed by atoms with Gasteiger partial charge in [-0.25, -0.2) is 18.6 Å². The van der Waals surface area contributed by atoms with Crippen molar-refractivity contribution in [3.8, 4) is 0 Å². The van der Waals surface area contributed by atoms with Crippen LogP contribution in [-0.2, 0) is 0 Å². The Balaban J connectivity index is 2.30. The zero-order valence-electron chi connectivity index (χ0n) is 9.85. The molecule has 1 N–H and O–H groups in total. The van der Waals surface area contributed by atoms with Crippen LogP contribution in [0.5, 0.6) is 0 Å². The van der Waals surface area contributed by atoms with Gasteiger partial charge in [0, 0.05) is 4.90 Å². The Morgan fingerprint density at radius 2 is 1.95 bits per heavy atom. The Morgan fingerprint density at radius 1 is 1.21 bits per heavy atom. The van der Waals surface area contributed by atoms with Crippen LogP contribution in [0.4, 0.5) is 8.78 Å². The minimum absolute atomic E-state index is 0.0485. The highest BCUT2D eigenvalue weighted by Crippen LogP contribution is 2.27. The molecule has 1 heterocycles. The molecular formula is C13H9F2NO2S. The first-order valence-corrected chi connectivity index (χ1v) is 6.13. The van der Waals surface area contributed by atoms with E-state index in [9.17, 15) is 13.6 Å². The number of carboxylic acids is 1. The monoisotopic (exact) mass is 281 g/mol. The second-order valence-corrected chi connectivity index (χ2v) is 4.89. The van der Waals surface area contributed by atoms with E-state index in [0.29, 0.717) is 15.5 Å². The van der Waals surface area contributed by atoms with Crippen LogP contribution in [0.1, 0.15) is 16.1 Å². The van der Waals surface area contributed by atoms with Crippen molar-refractivity contribution >= 4 is 17.7 Å². The van der Waals surface area contributed by atoms with Gasteiger partial charge >= 0.3 is 5.97 Å². The van der Waals surface area contributed by atoms with E-state index in [1.807, 2.05) is 0 Å². The van der Waals surface area contributed by atoms with Crippen molar-refractivity contribution in [2.24, 2.45) is 0 Å². The van der Waals surface area contributed by atoms with Gasteiger partial charge in [-0.15, -0.1) is 0 Å². The highest BCUT2D eigenvalue weighted by Gasteiger charge is 2.11. The lowest BCUT2D eigenvalue weighted by molar-refractivity contribution is 0.0689. The van der Waals surface area contributed by atoms with Gasteiger partial charge in [0.2, 0.25) is 0 Å². The summed E-state index contributed by atoms with van der Waals surface area (Å²) in [5, 5.41) is 9.37. The topological polar surface area (TPSA) is 50.2 Å². The van der Waals surface area contributed by atoms with Crippen LogP contribution in [0, 0.1) is 18.6 Å². The molecule has 6 heteroatoms. The summed E-state index contributed by atoms with van der Waals surface area (Å²) >= 11 is 1.07. The number of pyridine rings is 1. The van der Waals surface area contributed by atoms with Crippen LogP contribution in [0.3, 0.4) is 0 Å². The van der Waals surface area contributed by atoms with Crippen molar-refractivity contribution in [1.82, 2.24) is 4.98 Å². The lowest BCUT2D eigenvalue weighted by atomic mass is 10.2. The van der Waals surface area contributed by atoms with E-state index in [-0.39, 0.29) is 5.69 Å². The average Bonchev–Trinajstić information content (AvgIpc) is 2.36. The maximum Gasteiger partial charge on any atom is 0.354 e. The third-order valence-electron chi connectivity index (χ3n) is 2.39. The van der Waals surface area contributed by atoms with Crippen molar-refractivity contribution < 1.29 is 18.7 Å². The quantitative estimate of drug-likeness (QED) is 0.935. The van der Waals surface area contributed by atoms with E-state index < -0.39 is 17.6 Å². The molecule has 0 amide bonds. The van der Waals surface area contributed by atoms with Crippen LogP contribution in [-0.4, -0.2) is 16.1 Å². The molecule has 0 aliphatic heterocycles. The van der Waals surface area contributed by atoms with Gasteiger partial charge < -0.3 is 5.11 Å². The third-order valence-corrected chi connectivity index (χ3v) is 3.31. The molecule has 2 rings (SSSR count). The first kappa shape index (κ1) is 13.5. The van der Waals surface area contributed by atoms with Crippen molar-refractivity contribution in [1.29, 1.82) is 0 Å². The third kappa shape index (κ3) is 3.08. The van der Waals surface area contributed by atoms with Crippen LogP contribution in [0.15, 0.2) is 40.3 Å². The molecule has 3 nitrogen and oxygen atoms in total. The number of rotatable bonds is 3. The highest BCUT2D eigenvalue weighted by atomic mass is 32.2. The summed E-state index contributed by atoms with van der Waals surface area (Å²) < 4.78 is 25.8. The molecule has 1 aromatic heterocycles. The Hall–Kier alpha value is -1.95. The van der Waals surface area contributed by atoms with Crippen LogP contribution < -0.4 is 0 Å². The lowest BCUT2D eigenvalue weighted by Gasteiger charge is -2.05. The van der Waals surface area contributed by atoms with Crippen molar-refractivity contribution in [3.05, 3.63) is 53.2 Å². The summed E-state index contributed by atoms with van der Waals surface area (Å²) in [5.41, 5.74) is 0.495. The molecule has 0 atom stereocenters. The van der Waals surface area contributed by atoms with Gasteiger partial charge in [-0.3, -0.25) is 0 Å². The van der Waals surface area contributed by atoms with Gasteiger partial charge in [0.15, 0.2) is 17.3 Å². The SMILES string of the molecule is Cc1ccc(Sc2ccc(F)c(F)c2)nc1C(=O)O. The van der Waals surface area contributed by atoms with E-state index in [2.05, 4.69) is 4.98 Å². The molecular weight excluding hydrogens is 272 g/mol. The lowest BCUT2D eigenvalue weighted by Crippen LogP contribution is -2.03. The number of hydrogen-bond donors (Lipinski definition) is 1. The van der Waals surface area contributed by atoms with Gasteiger partial charge in [0.25, 0.3) is 0 Å². The molecule has 0 unspecified atom stereocenters. The Bertz CT molecular complexity index is 647. The van der Waals surface area contributed by atoms with Crippen LogP contribution in [0.2, 0.25) is 0 Å². The fourth-order valence-electron chi connectivity index (χ4n) is 1.45. The number of aromatic nitrogens is 1. The smallest absolute Gasteiger partial charge is 0.354 e. The zero-order valence-corrected chi connectivity index (χ0v) is 10.7. The van der Waals surface area contributed by atoms with Gasteiger partial charge in [-0.1, -0.05) is 17.8 Å². The van der Waals surface area contributed by atoms with E-state index in [4.69, 9.17) is 5.11 Å². The number of halogens is 2. The van der Waals surface area contributed by atoms with Crippen molar-refractivity contribution in [3.63, 3.8) is 0 Å². The second kappa shape index (κ2) is 5.36. The molecule has 0 aliphatic rings. The molecule has 0 saturated heterocycles. The molecule has 2 aromatic rings. The highest BCUT2D eigenvalue weighted by molar-refractivity contribution is 7.99. The predicted molar refractivity (Wildman–Crippen MR) is 66.4 cm³/mol. The van der Waals surface area contributed by atoms with Gasteiger partial charge in [-0.05, 0) is 36.8 Å². The van der Waals surface area contributed by atoms with Crippen molar-refractivity contribution in [2.45, 2.75) is 16.8 Å². The van der Waals surface area contributed by atoms with E-state index >= 15 is 0 Å². The minimum atomic E-state index is -1.12. The summed E-state index contributed by atoms with van der Waals surface area (Å²) in [6, 6.07) is 6.73. The summed E-state index contributed by atoms with van der Waals surface area (Å²) in [6.45, 7) is 1.64. The number of carboxylic acid groups (broad SMARTS) is 1. The second-order valence-electron chi connectivity index (χ2n) is 3.80. The van der Waals surface area contributed by atoms with Gasteiger partial charge in [0.05, 0.1) is 0 Å². The van der Waals surface area contributed by atoms with E-state index in [1.54, 1.807) is 19.1 Å². The number of benzene rings is 1. The van der Waals surface area contributed by atoms with E-state index in [1.165, 1.54) is 6.07 Å². The van der Waals surface area contributed by atoms with Crippen LogP contribution in [0.25, 0.3) is 0 Å². The Labute approximate surface area is 112 Å². The fraction of sp³-hybridized carbons (Fsp3) is 0.0769. The molecule has 0 bridgehead atoms. The zero-order chi connectivity index (χ0) is 14.0. The molecule has 0 spiro atoms. The maximum absolute atomic E-state index is 13.1. The van der Waals surface area contributed by atoms with Crippen molar-refractivity contribution in [2.75, 3.05) is 0 Å². The minimum Gasteiger partial charge on any atom is -0.477 e. The first-order chi connectivity index (χ1) is 8.97. The predicted octanol–water partition coefficient (Wildman–Crippen LogP) is 3.52. The Kier molecular flexibility index (Phi) is 3.80. The summed E-state index contributed by atoms with van der Waals surface area (Å²) in [6.07, 6.45) is 0. The molecule has 19 heavy (non-hydrogen) atoms. The number of nitrogens with zero attached hydrogens (tertiary/aromatic N) is 1. The number of aryl methyl sites for hydroxylation is 1. The number of carbonyl (C=O) groups is 1. The van der Waals surface area contributed by atoms with Gasteiger partial charge in [-0.2, -0.15) is 0 Å². The largest absolute Gasteiger partial charge is 0.477 e. The summed E-state index contributed by atoms with van der Waals surface area (Å²) in [4.78, 5) is 15.4. The molecule has 0 fully saturated rings. The summed E-state index contributed by atoms with van der Waals surface area (Å²) in [7, 11) is 0. The van der Waals surface area contributed by atoms with Gasteiger partial charge in [0.1, 0.15) is 5.03 Å². The fourth-order valence-corrected chi connectivity index (χ4v) is 2.26. The maximum atomic E-state index is 13.1. The molecule has 98 valence electrons. The summed E-state index contributed by atoms with van der Waals surface area (Å²) in [5.74, 6) is -2.99. The Morgan fingerprint density at radius 3 is 2.58 bits per heavy atom. The normalized spacial score (nSPS) is 10.5. The average molecular weight is 281 g/mol. The molecule has 0 aliphatic carbocycles. The van der Waals surface area contributed by atoms with Crippen LogP contribution >= 0.6 is 11.8 Å². The number of aromatic carboxylic acids is 1. The standard InChI is InChI=1S/C13H9F2NO2S/c1-7-2-5-11(16-12(7)13(17)18)19-8-3-4-9(14)10(15)6-8/h2-6H,1H3,(H,17,18). The molecule has 1 aromatic carbocycles. The first-order valence-electron chi connectivity index (χ1n) is 5.31.